The van der Waals surface area contributed by atoms with Crippen LogP contribution in [0.1, 0.15) is 20.7 Å². The van der Waals surface area contributed by atoms with Gasteiger partial charge in [-0.05, 0) is 38.4 Å². The smallest absolute Gasteiger partial charge is 0.257 e. The SMILES string of the molecule is CN(C)CCNC(=O)c1ccccc1NC(=O)c1cccnc1. The van der Waals surface area contributed by atoms with Gasteiger partial charge in [0.2, 0.25) is 0 Å². The molecule has 0 atom stereocenters. The third-order valence-corrected chi connectivity index (χ3v) is 3.19. The van der Waals surface area contributed by atoms with Crippen LogP contribution in [0.3, 0.4) is 0 Å². The number of nitrogens with zero attached hydrogens (tertiary/aromatic N) is 2. The summed E-state index contributed by atoms with van der Waals surface area (Å²) in [7, 11) is 3.88. The Morgan fingerprint density at radius 2 is 1.87 bits per heavy atom. The zero-order valence-corrected chi connectivity index (χ0v) is 13.2. The van der Waals surface area contributed by atoms with Crippen molar-refractivity contribution in [2.24, 2.45) is 0 Å². The third kappa shape index (κ3) is 4.89. The molecule has 6 heteroatoms. The summed E-state index contributed by atoms with van der Waals surface area (Å²) in [5, 5.41) is 5.60. The average molecular weight is 312 g/mol. The minimum absolute atomic E-state index is 0.214. The standard InChI is InChI=1S/C17H20N4O2/c1-21(2)11-10-19-17(23)14-7-3-4-8-15(14)20-16(22)13-6-5-9-18-12-13/h3-9,12H,10-11H2,1-2H3,(H,19,23)(H,20,22). The van der Waals surface area contributed by atoms with Gasteiger partial charge in [0.25, 0.3) is 11.8 Å². The van der Waals surface area contributed by atoms with Gasteiger partial charge in [-0.1, -0.05) is 12.1 Å². The molecule has 0 unspecified atom stereocenters. The number of para-hydroxylation sites is 1. The number of amides is 2. The van der Waals surface area contributed by atoms with Gasteiger partial charge in [-0.2, -0.15) is 0 Å². The first-order valence-corrected chi connectivity index (χ1v) is 7.31. The molecule has 2 rings (SSSR count). The molecule has 1 heterocycles. The fourth-order valence-electron chi connectivity index (χ4n) is 1.97. The topological polar surface area (TPSA) is 74.3 Å². The van der Waals surface area contributed by atoms with Crippen LogP contribution < -0.4 is 10.6 Å². The summed E-state index contributed by atoms with van der Waals surface area (Å²) in [6, 6.07) is 10.3. The van der Waals surface area contributed by atoms with Crippen molar-refractivity contribution in [2.75, 3.05) is 32.5 Å². The number of rotatable bonds is 6. The number of nitrogens with one attached hydrogen (secondary N) is 2. The molecule has 0 saturated heterocycles. The summed E-state index contributed by atoms with van der Waals surface area (Å²) < 4.78 is 0. The molecule has 0 saturated carbocycles. The molecular formula is C17H20N4O2. The minimum atomic E-state index is -0.299. The van der Waals surface area contributed by atoms with E-state index in [-0.39, 0.29) is 11.8 Å². The van der Waals surface area contributed by atoms with Crippen LogP contribution in [0.15, 0.2) is 48.8 Å². The van der Waals surface area contributed by atoms with Crippen molar-refractivity contribution in [3.05, 3.63) is 59.9 Å². The number of pyridine rings is 1. The first-order valence-electron chi connectivity index (χ1n) is 7.31. The zero-order chi connectivity index (χ0) is 16.7. The molecule has 120 valence electrons. The van der Waals surface area contributed by atoms with Gasteiger partial charge in [0.05, 0.1) is 16.8 Å². The Labute approximate surface area is 135 Å². The van der Waals surface area contributed by atoms with E-state index in [0.29, 0.717) is 23.4 Å². The van der Waals surface area contributed by atoms with E-state index in [9.17, 15) is 9.59 Å². The molecule has 2 aromatic rings. The average Bonchev–Trinajstić information content (AvgIpc) is 2.55. The maximum absolute atomic E-state index is 12.3. The first kappa shape index (κ1) is 16.6. The number of hydrogen-bond donors (Lipinski definition) is 2. The molecule has 0 fully saturated rings. The van der Waals surface area contributed by atoms with Gasteiger partial charge in [0.1, 0.15) is 0 Å². The summed E-state index contributed by atoms with van der Waals surface area (Å²) in [4.78, 5) is 30.4. The molecule has 0 radical (unpaired) electrons. The van der Waals surface area contributed by atoms with Gasteiger partial charge < -0.3 is 15.5 Å². The molecule has 2 amide bonds. The molecule has 0 bridgehead atoms. The van der Waals surface area contributed by atoms with Crippen molar-refractivity contribution in [3.8, 4) is 0 Å². The Hall–Kier alpha value is -2.73. The minimum Gasteiger partial charge on any atom is -0.351 e. The zero-order valence-electron chi connectivity index (χ0n) is 13.2. The van der Waals surface area contributed by atoms with Gasteiger partial charge >= 0.3 is 0 Å². The Kier molecular flexibility index (Phi) is 5.82. The summed E-state index contributed by atoms with van der Waals surface area (Å²) in [5.74, 6) is -0.513. The van der Waals surface area contributed by atoms with E-state index >= 15 is 0 Å². The van der Waals surface area contributed by atoms with Crippen LogP contribution in [0.5, 0.6) is 0 Å². The molecule has 2 N–H and O–H groups in total. The molecule has 1 aromatic carbocycles. The van der Waals surface area contributed by atoms with E-state index in [4.69, 9.17) is 0 Å². The lowest BCUT2D eigenvalue weighted by molar-refractivity contribution is 0.0952. The summed E-state index contributed by atoms with van der Waals surface area (Å²) in [5.41, 5.74) is 1.35. The largest absolute Gasteiger partial charge is 0.351 e. The lowest BCUT2D eigenvalue weighted by Gasteiger charge is -2.13. The number of anilines is 1. The van der Waals surface area contributed by atoms with Crippen molar-refractivity contribution >= 4 is 17.5 Å². The highest BCUT2D eigenvalue weighted by Gasteiger charge is 2.13. The fraction of sp³-hybridized carbons (Fsp3) is 0.235. The van der Waals surface area contributed by atoms with Crippen LogP contribution >= 0.6 is 0 Å². The second kappa shape index (κ2) is 8.05. The second-order valence-electron chi connectivity index (χ2n) is 5.30. The number of carbonyl (C=O) groups is 2. The third-order valence-electron chi connectivity index (χ3n) is 3.19. The monoisotopic (exact) mass is 312 g/mol. The number of benzene rings is 1. The van der Waals surface area contributed by atoms with E-state index in [0.717, 1.165) is 6.54 Å². The maximum atomic E-state index is 12.3. The van der Waals surface area contributed by atoms with Gasteiger partial charge in [0, 0.05) is 25.5 Å². The van der Waals surface area contributed by atoms with Crippen LogP contribution in [-0.2, 0) is 0 Å². The van der Waals surface area contributed by atoms with Crippen LogP contribution in [0.25, 0.3) is 0 Å². The van der Waals surface area contributed by atoms with Crippen LogP contribution in [0.2, 0.25) is 0 Å². The normalized spacial score (nSPS) is 10.4. The van der Waals surface area contributed by atoms with Crippen molar-refractivity contribution in [3.63, 3.8) is 0 Å². The Balaban J connectivity index is 2.08. The molecule has 0 aliphatic heterocycles. The Morgan fingerprint density at radius 1 is 1.09 bits per heavy atom. The van der Waals surface area contributed by atoms with Crippen LogP contribution in [0, 0.1) is 0 Å². The predicted molar refractivity (Wildman–Crippen MR) is 89.5 cm³/mol. The Bertz CT molecular complexity index is 671. The van der Waals surface area contributed by atoms with Gasteiger partial charge in [-0.15, -0.1) is 0 Å². The summed E-state index contributed by atoms with van der Waals surface area (Å²) >= 11 is 0. The van der Waals surface area contributed by atoms with Crippen molar-refractivity contribution in [1.29, 1.82) is 0 Å². The molecule has 6 nitrogen and oxygen atoms in total. The van der Waals surface area contributed by atoms with Gasteiger partial charge in [-0.3, -0.25) is 14.6 Å². The van der Waals surface area contributed by atoms with E-state index in [1.807, 2.05) is 19.0 Å². The number of aromatic nitrogens is 1. The van der Waals surface area contributed by atoms with Crippen molar-refractivity contribution in [1.82, 2.24) is 15.2 Å². The molecule has 0 spiro atoms. The quantitative estimate of drug-likeness (QED) is 0.850. The van der Waals surface area contributed by atoms with E-state index in [1.54, 1.807) is 42.6 Å². The highest BCUT2D eigenvalue weighted by molar-refractivity contribution is 6.08. The fourth-order valence-corrected chi connectivity index (χ4v) is 1.97. The van der Waals surface area contributed by atoms with E-state index in [1.165, 1.54) is 6.20 Å². The molecule has 0 aliphatic rings. The van der Waals surface area contributed by atoms with Crippen molar-refractivity contribution < 1.29 is 9.59 Å². The lowest BCUT2D eigenvalue weighted by Crippen LogP contribution is -2.32. The number of likely N-dealkylation sites (N-methyl/N-ethyl adjacent to an activating group) is 1. The number of hydrogen-bond acceptors (Lipinski definition) is 4. The molecular weight excluding hydrogens is 292 g/mol. The second-order valence-corrected chi connectivity index (χ2v) is 5.30. The first-order chi connectivity index (χ1) is 11.1. The highest BCUT2D eigenvalue weighted by atomic mass is 16.2. The highest BCUT2D eigenvalue weighted by Crippen LogP contribution is 2.16. The molecule has 1 aromatic heterocycles. The maximum Gasteiger partial charge on any atom is 0.257 e. The van der Waals surface area contributed by atoms with Crippen molar-refractivity contribution in [2.45, 2.75) is 0 Å². The van der Waals surface area contributed by atoms with Gasteiger partial charge in [0.15, 0.2) is 0 Å². The lowest BCUT2D eigenvalue weighted by atomic mass is 10.1. The van der Waals surface area contributed by atoms with Crippen LogP contribution in [0.4, 0.5) is 5.69 Å². The van der Waals surface area contributed by atoms with Gasteiger partial charge in [-0.25, -0.2) is 0 Å². The summed E-state index contributed by atoms with van der Waals surface area (Å²) in [6.45, 7) is 1.28. The number of carbonyl (C=O) groups excluding carboxylic acids is 2. The molecule has 0 aliphatic carbocycles. The molecule has 23 heavy (non-hydrogen) atoms. The summed E-state index contributed by atoms with van der Waals surface area (Å²) in [6.07, 6.45) is 3.08. The Morgan fingerprint density at radius 3 is 2.57 bits per heavy atom. The van der Waals surface area contributed by atoms with E-state index < -0.39 is 0 Å². The van der Waals surface area contributed by atoms with Crippen LogP contribution in [-0.4, -0.2) is 48.9 Å². The van der Waals surface area contributed by atoms with E-state index in [2.05, 4.69) is 15.6 Å². The predicted octanol–water partition coefficient (Wildman–Crippen LogP) is 1.63.